The second-order valence-electron chi connectivity index (χ2n) is 3.79. The highest BCUT2D eigenvalue weighted by atomic mass is 32.1. The lowest BCUT2D eigenvalue weighted by Gasteiger charge is -2.27. The van der Waals surface area contributed by atoms with E-state index >= 15 is 0 Å². The minimum absolute atomic E-state index is 0.275. The lowest BCUT2D eigenvalue weighted by Crippen LogP contribution is -2.30. The Morgan fingerprint density at radius 3 is 2.75 bits per heavy atom. The Kier molecular flexibility index (Phi) is 3.28. The van der Waals surface area contributed by atoms with Gasteiger partial charge in [-0.25, -0.2) is 4.79 Å². The molecule has 0 radical (unpaired) electrons. The maximum Gasteiger partial charge on any atom is 0.344 e. The van der Waals surface area contributed by atoms with Gasteiger partial charge in [-0.2, -0.15) is 4.37 Å². The van der Waals surface area contributed by atoms with Crippen molar-refractivity contribution in [2.45, 2.75) is 19.3 Å². The molecule has 0 spiro atoms. The van der Waals surface area contributed by atoms with Crippen LogP contribution in [0, 0.1) is 0 Å². The molecule has 0 saturated carbocycles. The summed E-state index contributed by atoms with van der Waals surface area (Å²) in [5.74, 6) is -0.121. The SMILES string of the molecule is COC(=O)c1c(N)nsc1N1CCCCC1. The number of piperidine rings is 1. The van der Waals surface area contributed by atoms with Crippen molar-refractivity contribution < 1.29 is 9.53 Å². The third kappa shape index (κ3) is 1.97. The Hall–Kier alpha value is -1.30. The van der Waals surface area contributed by atoms with Crippen LogP contribution < -0.4 is 10.6 Å². The van der Waals surface area contributed by atoms with E-state index in [4.69, 9.17) is 10.5 Å². The molecule has 1 aromatic rings. The Morgan fingerprint density at radius 1 is 1.44 bits per heavy atom. The molecule has 2 N–H and O–H groups in total. The van der Waals surface area contributed by atoms with Crippen LogP contribution in [0.5, 0.6) is 0 Å². The Balaban J connectivity index is 2.29. The van der Waals surface area contributed by atoms with Crippen LogP contribution in [0.1, 0.15) is 29.6 Å². The molecule has 1 aliphatic rings. The molecule has 0 unspecified atom stereocenters. The second kappa shape index (κ2) is 4.69. The van der Waals surface area contributed by atoms with Crippen LogP contribution in [0.25, 0.3) is 0 Å². The van der Waals surface area contributed by atoms with E-state index in [1.807, 2.05) is 0 Å². The van der Waals surface area contributed by atoms with Gasteiger partial charge in [-0.15, -0.1) is 0 Å². The number of nitrogen functional groups attached to an aromatic ring is 1. The zero-order valence-corrected chi connectivity index (χ0v) is 10.0. The molecule has 1 saturated heterocycles. The highest BCUT2D eigenvalue weighted by molar-refractivity contribution is 7.11. The number of hydrogen-bond donors (Lipinski definition) is 1. The summed E-state index contributed by atoms with van der Waals surface area (Å²) in [6.07, 6.45) is 3.55. The van der Waals surface area contributed by atoms with Crippen LogP contribution in [-0.4, -0.2) is 30.5 Å². The molecule has 16 heavy (non-hydrogen) atoms. The lowest BCUT2D eigenvalue weighted by atomic mass is 10.1. The van der Waals surface area contributed by atoms with Crippen LogP contribution in [0.15, 0.2) is 0 Å². The molecule has 0 aromatic carbocycles. The van der Waals surface area contributed by atoms with Crippen molar-refractivity contribution in [3.8, 4) is 0 Å². The smallest absolute Gasteiger partial charge is 0.344 e. The van der Waals surface area contributed by atoms with Gasteiger partial charge in [0, 0.05) is 13.1 Å². The van der Waals surface area contributed by atoms with Gasteiger partial charge in [0.1, 0.15) is 10.6 Å². The normalized spacial score (nSPS) is 16.2. The largest absolute Gasteiger partial charge is 0.465 e. The van der Waals surface area contributed by atoms with E-state index in [1.165, 1.54) is 25.1 Å². The van der Waals surface area contributed by atoms with Gasteiger partial charge in [0.2, 0.25) is 0 Å². The van der Waals surface area contributed by atoms with E-state index in [-0.39, 0.29) is 5.82 Å². The molecule has 1 fully saturated rings. The number of aromatic nitrogens is 1. The number of carbonyl (C=O) groups excluding carboxylic acids is 1. The number of nitrogens with zero attached hydrogens (tertiary/aromatic N) is 2. The molecule has 2 heterocycles. The molecule has 0 amide bonds. The number of anilines is 2. The lowest BCUT2D eigenvalue weighted by molar-refractivity contribution is 0.0603. The first-order chi connectivity index (χ1) is 7.74. The van der Waals surface area contributed by atoms with Gasteiger partial charge >= 0.3 is 5.97 Å². The summed E-state index contributed by atoms with van der Waals surface area (Å²) < 4.78 is 8.77. The summed E-state index contributed by atoms with van der Waals surface area (Å²) in [6, 6.07) is 0. The minimum atomic E-state index is -0.396. The molecule has 2 rings (SSSR count). The Bertz CT molecular complexity index is 385. The summed E-state index contributed by atoms with van der Waals surface area (Å²) in [4.78, 5) is 13.8. The molecule has 1 aromatic heterocycles. The standard InChI is InChI=1S/C10H15N3O2S/c1-15-10(14)7-8(11)12-16-9(7)13-5-3-2-4-6-13/h2-6H2,1H3,(H2,11,12). The van der Waals surface area contributed by atoms with Crippen molar-refractivity contribution in [1.82, 2.24) is 4.37 Å². The number of carbonyl (C=O) groups is 1. The average Bonchev–Trinajstić information content (AvgIpc) is 2.71. The fourth-order valence-electron chi connectivity index (χ4n) is 1.90. The van der Waals surface area contributed by atoms with E-state index < -0.39 is 5.97 Å². The molecule has 0 aliphatic carbocycles. The van der Waals surface area contributed by atoms with Gasteiger partial charge < -0.3 is 15.4 Å². The Morgan fingerprint density at radius 2 is 2.12 bits per heavy atom. The van der Waals surface area contributed by atoms with Crippen LogP contribution in [0.2, 0.25) is 0 Å². The quantitative estimate of drug-likeness (QED) is 0.795. The minimum Gasteiger partial charge on any atom is -0.465 e. The van der Waals surface area contributed by atoms with Crippen molar-refractivity contribution in [3.05, 3.63) is 5.56 Å². The summed E-state index contributed by atoms with van der Waals surface area (Å²) in [7, 11) is 1.36. The molecule has 88 valence electrons. The van der Waals surface area contributed by atoms with Crippen molar-refractivity contribution in [3.63, 3.8) is 0 Å². The first kappa shape index (κ1) is 11.2. The van der Waals surface area contributed by atoms with Crippen LogP contribution in [-0.2, 0) is 4.74 Å². The van der Waals surface area contributed by atoms with Crippen LogP contribution in [0.4, 0.5) is 10.8 Å². The highest BCUT2D eigenvalue weighted by Gasteiger charge is 2.24. The van der Waals surface area contributed by atoms with Crippen molar-refractivity contribution in [2.24, 2.45) is 0 Å². The maximum absolute atomic E-state index is 11.6. The van der Waals surface area contributed by atoms with Gasteiger partial charge in [0.25, 0.3) is 0 Å². The molecule has 6 heteroatoms. The zero-order chi connectivity index (χ0) is 11.5. The number of esters is 1. The van der Waals surface area contributed by atoms with Gasteiger partial charge in [-0.1, -0.05) is 0 Å². The fraction of sp³-hybridized carbons (Fsp3) is 0.600. The Labute approximate surface area is 98.4 Å². The van der Waals surface area contributed by atoms with Crippen LogP contribution in [0.3, 0.4) is 0 Å². The molecule has 5 nitrogen and oxygen atoms in total. The van der Waals surface area contributed by atoms with Gasteiger partial charge in [-0.3, -0.25) is 0 Å². The number of methoxy groups -OCH3 is 1. The van der Waals surface area contributed by atoms with E-state index in [2.05, 4.69) is 9.27 Å². The predicted molar refractivity (Wildman–Crippen MR) is 63.9 cm³/mol. The number of ether oxygens (including phenoxy) is 1. The van der Waals surface area contributed by atoms with Crippen molar-refractivity contribution >= 4 is 28.3 Å². The van der Waals surface area contributed by atoms with E-state index in [0.717, 1.165) is 30.9 Å². The number of hydrogen-bond acceptors (Lipinski definition) is 6. The number of nitrogens with two attached hydrogens (primary N) is 1. The monoisotopic (exact) mass is 241 g/mol. The van der Waals surface area contributed by atoms with E-state index in [0.29, 0.717) is 5.56 Å². The average molecular weight is 241 g/mol. The van der Waals surface area contributed by atoms with Gasteiger partial charge in [0.05, 0.1) is 7.11 Å². The topological polar surface area (TPSA) is 68.5 Å². The predicted octanol–water partition coefficient (Wildman–Crippen LogP) is 1.50. The summed E-state index contributed by atoms with van der Waals surface area (Å²) >= 11 is 1.28. The number of rotatable bonds is 2. The van der Waals surface area contributed by atoms with Crippen molar-refractivity contribution in [1.29, 1.82) is 0 Å². The first-order valence-electron chi connectivity index (χ1n) is 5.32. The highest BCUT2D eigenvalue weighted by Crippen LogP contribution is 2.32. The van der Waals surface area contributed by atoms with Crippen LogP contribution >= 0.6 is 11.5 Å². The molecule has 0 bridgehead atoms. The fourth-order valence-corrected chi connectivity index (χ4v) is 2.75. The first-order valence-corrected chi connectivity index (χ1v) is 6.09. The molecule has 0 atom stereocenters. The third-order valence-corrected chi connectivity index (χ3v) is 3.66. The maximum atomic E-state index is 11.6. The van der Waals surface area contributed by atoms with E-state index in [9.17, 15) is 4.79 Å². The van der Waals surface area contributed by atoms with E-state index in [1.54, 1.807) is 0 Å². The van der Waals surface area contributed by atoms with Gasteiger partial charge in [-0.05, 0) is 30.8 Å². The van der Waals surface area contributed by atoms with Gasteiger partial charge in [0.15, 0.2) is 5.82 Å². The molecule has 1 aliphatic heterocycles. The summed E-state index contributed by atoms with van der Waals surface area (Å²) in [5, 5.41) is 0.851. The zero-order valence-electron chi connectivity index (χ0n) is 9.23. The van der Waals surface area contributed by atoms with Crippen molar-refractivity contribution in [2.75, 3.05) is 30.8 Å². The third-order valence-electron chi connectivity index (χ3n) is 2.73. The summed E-state index contributed by atoms with van der Waals surface area (Å²) in [6.45, 7) is 1.93. The summed E-state index contributed by atoms with van der Waals surface area (Å²) in [5.41, 5.74) is 6.12. The molecular formula is C10H15N3O2S. The second-order valence-corrected chi connectivity index (χ2v) is 4.54. The molecular weight excluding hydrogens is 226 g/mol.